The van der Waals surface area contributed by atoms with Crippen molar-refractivity contribution in [3.05, 3.63) is 103 Å². The van der Waals surface area contributed by atoms with Gasteiger partial charge < -0.3 is 20.3 Å². The van der Waals surface area contributed by atoms with Gasteiger partial charge >= 0.3 is 0 Å². The fourth-order valence-electron chi connectivity index (χ4n) is 6.30. The molecule has 1 amide bonds. The van der Waals surface area contributed by atoms with Crippen molar-refractivity contribution in [1.82, 2.24) is 34.5 Å². The van der Waals surface area contributed by atoms with Gasteiger partial charge in [0, 0.05) is 68.0 Å². The summed E-state index contributed by atoms with van der Waals surface area (Å²) in [4.78, 5) is 22.6. The van der Waals surface area contributed by atoms with E-state index in [0.717, 1.165) is 63.7 Å². The van der Waals surface area contributed by atoms with Crippen LogP contribution >= 0.6 is 0 Å². The highest BCUT2D eigenvalue weighted by Gasteiger charge is 2.24. The minimum Gasteiger partial charge on any atom is -0.390 e. The second kappa shape index (κ2) is 12.7. The molecule has 0 radical (unpaired) electrons. The fraction of sp³-hybridized carbons (Fsp3) is 0.257. The van der Waals surface area contributed by atoms with E-state index >= 15 is 0 Å². The van der Waals surface area contributed by atoms with E-state index in [9.17, 15) is 14.3 Å². The Morgan fingerprint density at radius 3 is 2.85 bits per heavy atom. The number of aliphatic hydroxyl groups excluding tert-OH is 1. The van der Waals surface area contributed by atoms with Crippen LogP contribution in [0.3, 0.4) is 0 Å². The maximum Gasteiger partial charge on any atom is 0.217 e. The predicted molar refractivity (Wildman–Crippen MR) is 176 cm³/mol. The molecule has 6 aromatic rings. The Bertz CT molecular complexity index is 2020. The molecule has 7 rings (SSSR count). The summed E-state index contributed by atoms with van der Waals surface area (Å²) >= 11 is 0. The molecule has 0 saturated carbocycles. The molecular weight excluding hydrogens is 583 g/mol. The Morgan fingerprint density at radius 2 is 1.98 bits per heavy atom. The molecule has 46 heavy (non-hydrogen) atoms. The van der Waals surface area contributed by atoms with Crippen LogP contribution in [0.25, 0.3) is 32.9 Å². The standard InChI is InChI=1S/C35H35FN8O2/c1-23(45)40-30-10-12-43(19-30)21-31(46)20-42-11-9-26(18-42)25-5-7-33-32(15-25)35(38-22-37-33)41-29-6-8-34-27(14-29)16-39-44(34)17-24-3-2-4-28(36)13-24/h2-9,11,13-16,18,22,30-31,46H,10,12,17,19-21H2,1H3,(H,40,45)(H,37,38,41)/t30-,31?/m1/s1. The van der Waals surface area contributed by atoms with Crippen LogP contribution in [0.2, 0.25) is 0 Å². The molecule has 10 nitrogen and oxygen atoms in total. The molecule has 0 aliphatic carbocycles. The Labute approximate surface area is 265 Å². The van der Waals surface area contributed by atoms with Crippen LogP contribution in [0.4, 0.5) is 15.9 Å². The second-order valence-electron chi connectivity index (χ2n) is 12.0. The molecular formula is C35H35FN8O2. The molecule has 2 atom stereocenters. The Balaban J connectivity index is 1.05. The van der Waals surface area contributed by atoms with E-state index in [1.54, 1.807) is 12.4 Å². The third-order valence-electron chi connectivity index (χ3n) is 8.42. The first kappa shape index (κ1) is 29.6. The maximum atomic E-state index is 13.7. The number of benzene rings is 3. The number of hydrogen-bond donors (Lipinski definition) is 3. The topological polar surface area (TPSA) is 113 Å². The third-order valence-corrected chi connectivity index (χ3v) is 8.42. The second-order valence-corrected chi connectivity index (χ2v) is 12.0. The molecule has 11 heteroatoms. The molecule has 1 aliphatic rings. The maximum absolute atomic E-state index is 13.7. The SMILES string of the molecule is CC(=O)N[C@@H]1CCN(CC(O)Cn2ccc(-c3ccc4ncnc(Nc5ccc6c(cnn6Cc6cccc(F)c6)c5)c4c3)c2)C1. The van der Waals surface area contributed by atoms with Crippen molar-refractivity contribution in [3.8, 4) is 11.1 Å². The third kappa shape index (κ3) is 6.60. The van der Waals surface area contributed by atoms with Gasteiger partial charge in [0.15, 0.2) is 0 Å². The number of aromatic nitrogens is 5. The zero-order chi connectivity index (χ0) is 31.6. The van der Waals surface area contributed by atoms with E-state index in [1.165, 1.54) is 19.1 Å². The molecule has 234 valence electrons. The number of aliphatic hydroxyl groups is 1. The summed E-state index contributed by atoms with van der Waals surface area (Å²) in [5.74, 6) is 0.418. The van der Waals surface area contributed by atoms with Crippen molar-refractivity contribution in [2.75, 3.05) is 25.0 Å². The van der Waals surface area contributed by atoms with Crippen molar-refractivity contribution in [2.45, 2.75) is 38.6 Å². The smallest absolute Gasteiger partial charge is 0.217 e. The van der Waals surface area contributed by atoms with Gasteiger partial charge in [-0.05, 0) is 71.6 Å². The first-order chi connectivity index (χ1) is 22.4. The monoisotopic (exact) mass is 618 g/mol. The Kier molecular flexibility index (Phi) is 8.17. The number of fused-ring (bicyclic) bond motifs is 2. The van der Waals surface area contributed by atoms with E-state index in [0.29, 0.717) is 25.5 Å². The van der Waals surface area contributed by atoms with Crippen LogP contribution in [-0.2, 0) is 17.9 Å². The van der Waals surface area contributed by atoms with Gasteiger partial charge in [-0.3, -0.25) is 14.4 Å². The average Bonchev–Trinajstić information content (AvgIpc) is 3.78. The summed E-state index contributed by atoms with van der Waals surface area (Å²) in [5.41, 5.74) is 5.54. The summed E-state index contributed by atoms with van der Waals surface area (Å²) in [7, 11) is 0. The molecule has 4 heterocycles. The van der Waals surface area contributed by atoms with Gasteiger partial charge in [0.2, 0.25) is 5.91 Å². The van der Waals surface area contributed by atoms with Gasteiger partial charge in [0.25, 0.3) is 0 Å². The van der Waals surface area contributed by atoms with Crippen LogP contribution in [0, 0.1) is 5.82 Å². The number of β-amino-alcohol motifs (C(OH)–C–C–N with tert-alkyl or cyclic N) is 1. The lowest BCUT2D eigenvalue weighted by molar-refractivity contribution is -0.119. The highest BCUT2D eigenvalue weighted by atomic mass is 19.1. The van der Waals surface area contributed by atoms with Crippen LogP contribution < -0.4 is 10.6 Å². The van der Waals surface area contributed by atoms with Crippen molar-refractivity contribution in [2.24, 2.45) is 0 Å². The number of carbonyl (C=O) groups is 1. The van der Waals surface area contributed by atoms with E-state index in [-0.39, 0.29) is 17.8 Å². The van der Waals surface area contributed by atoms with Gasteiger partial charge in [-0.25, -0.2) is 14.4 Å². The molecule has 3 N–H and O–H groups in total. The van der Waals surface area contributed by atoms with Crippen molar-refractivity contribution in [3.63, 3.8) is 0 Å². The number of likely N-dealkylation sites (tertiary alicyclic amines) is 1. The van der Waals surface area contributed by atoms with E-state index < -0.39 is 6.10 Å². The zero-order valence-corrected chi connectivity index (χ0v) is 25.5. The summed E-state index contributed by atoms with van der Waals surface area (Å²) in [6.45, 7) is 4.68. The molecule has 0 bridgehead atoms. The Hall–Kier alpha value is -5.13. The molecule has 3 aromatic carbocycles. The van der Waals surface area contributed by atoms with Crippen LogP contribution in [0.5, 0.6) is 0 Å². The van der Waals surface area contributed by atoms with Gasteiger partial charge in [-0.15, -0.1) is 0 Å². The number of nitrogens with zero attached hydrogens (tertiary/aromatic N) is 6. The van der Waals surface area contributed by atoms with Gasteiger partial charge in [-0.1, -0.05) is 18.2 Å². The van der Waals surface area contributed by atoms with Gasteiger partial charge in [0.1, 0.15) is 18.0 Å². The van der Waals surface area contributed by atoms with Crippen molar-refractivity contribution in [1.29, 1.82) is 0 Å². The zero-order valence-electron chi connectivity index (χ0n) is 25.5. The largest absolute Gasteiger partial charge is 0.390 e. The molecule has 1 aliphatic heterocycles. The van der Waals surface area contributed by atoms with Gasteiger partial charge in [0.05, 0.1) is 29.9 Å². The molecule has 1 saturated heterocycles. The first-order valence-electron chi connectivity index (χ1n) is 15.4. The number of anilines is 2. The lowest BCUT2D eigenvalue weighted by Crippen LogP contribution is -2.38. The number of amides is 1. The molecule has 0 spiro atoms. The first-order valence-corrected chi connectivity index (χ1v) is 15.4. The average molecular weight is 619 g/mol. The fourth-order valence-corrected chi connectivity index (χ4v) is 6.30. The summed E-state index contributed by atoms with van der Waals surface area (Å²) in [6.07, 6.45) is 7.77. The lowest BCUT2D eigenvalue weighted by Gasteiger charge is -2.20. The highest BCUT2D eigenvalue weighted by molar-refractivity contribution is 5.94. The van der Waals surface area contributed by atoms with Crippen LogP contribution in [0.1, 0.15) is 18.9 Å². The van der Waals surface area contributed by atoms with E-state index in [1.807, 2.05) is 70.3 Å². The number of hydrogen-bond acceptors (Lipinski definition) is 7. The summed E-state index contributed by atoms with van der Waals surface area (Å²) in [5, 5.41) is 23.6. The number of halogens is 1. The van der Waals surface area contributed by atoms with Gasteiger partial charge in [-0.2, -0.15) is 5.10 Å². The Morgan fingerprint density at radius 1 is 1.07 bits per heavy atom. The highest BCUT2D eigenvalue weighted by Crippen LogP contribution is 2.30. The summed E-state index contributed by atoms with van der Waals surface area (Å²) < 4.78 is 17.6. The van der Waals surface area contributed by atoms with Crippen LogP contribution in [-0.4, -0.2) is 72.0 Å². The molecule has 1 unspecified atom stereocenters. The van der Waals surface area contributed by atoms with E-state index in [2.05, 4.69) is 36.7 Å². The molecule has 1 fully saturated rings. The minimum atomic E-state index is -0.525. The summed E-state index contributed by atoms with van der Waals surface area (Å²) in [6, 6.07) is 20.9. The quantitative estimate of drug-likeness (QED) is 0.199. The number of nitrogens with one attached hydrogen (secondary N) is 2. The number of carbonyl (C=O) groups excluding carboxylic acids is 1. The molecule has 3 aromatic heterocycles. The van der Waals surface area contributed by atoms with Crippen molar-refractivity contribution >= 4 is 39.2 Å². The lowest BCUT2D eigenvalue weighted by atomic mass is 10.1. The minimum absolute atomic E-state index is 0.0136. The normalized spacial score (nSPS) is 15.8. The van der Waals surface area contributed by atoms with Crippen molar-refractivity contribution < 1.29 is 14.3 Å². The number of rotatable bonds is 10. The van der Waals surface area contributed by atoms with Crippen LogP contribution in [0.15, 0.2) is 91.6 Å². The predicted octanol–water partition coefficient (Wildman–Crippen LogP) is 4.95. The van der Waals surface area contributed by atoms with E-state index in [4.69, 9.17) is 0 Å².